The van der Waals surface area contributed by atoms with Crippen molar-refractivity contribution >= 4 is 0 Å². The van der Waals surface area contributed by atoms with E-state index in [1.165, 1.54) is 49.8 Å². The van der Waals surface area contributed by atoms with Gasteiger partial charge < -0.3 is 5.73 Å². The second-order valence-electron chi connectivity index (χ2n) is 7.47. The van der Waals surface area contributed by atoms with Crippen LogP contribution < -0.4 is 5.73 Å². The van der Waals surface area contributed by atoms with Crippen molar-refractivity contribution in [2.45, 2.75) is 77.2 Å². The van der Waals surface area contributed by atoms with Crippen LogP contribution in [0.1, 0.15) is 87.8 Å². The van der Waals surface area contributed by atoms with Crippen LogP contribution in [-0.4, -0.2) is 9.97 Å². The molecule has 1 unspecified atom stereocenters. The molecule has 0 amide bonds. The number of nitrogens with two attached hydrogens (primary N) is 1. The molecule has 0 radical (unpaired) electrons. The molecule has 20 heavy (non-hydrogen) atoms. The lowest BCUT2D eigenvalue weighted by molar-refractivity contribution is 0.277. The zero-order valence-electron chi connectivity index (χ0n) is 12.9. The van der Waals surface area contributed by atoms with E-state index >= 15 is 0 Å². The van der Waals surface area contributed by atoms with E-state index in [1.807, 2.05) is 6.20 Å². The maximum atomic E-state index is 6.30. The summed E-state index contributed by atoms with van der Waals surface area (Å²) in [5.74, 6) is 1.65. The van der Waals surface area contributed by atoms with E-state index < -0.39 is 0 Å². The van der Waals surface area contributed by atoms with Crippen molar-refractivity contribution in [3.05, 3.63) is 23.3 Å². The third kappa shape index (κ3) is 2.88. The summed E-state index contributed by atoms with van der Waals surface area (Å²) in [6.45, 7) is 4.59. The molecule has 1 saturated carbocycles. The van der Waals surface area contributed by atoms with Gasteiger partial charge in [0.25, 0.3) is 0 Å². The molecular formula is C17H27N3. The number of fused-ring (bicyclic) bond motifs is 1. The molecule has 0 aliphatic heterocycles. The lowest BCUT2D eigenvalue weighted by Gasteiger charge is -2.34. The fourth-order valence-corrected chi connectivity index (χ4v) is 3.86. The molecule has 3 rings (SSSR count). The zero-order valence-corrected chi connectivity index (χ0v) is 12.9. The van der Waals surface area contributed by atoms with Crippen molar-refractivity contribution in [2.75, 3.05) is 0 Å². The molecule has 0 saturated heterocycles. The van der Waals surface area contributed by atoms with Crippen LogP contribution >= 0.6 is 0 Å². The number of hydrogen-bond donors (Lipinski definition) is 1. The van der Waals surface area contributed by atoms with Crippen LogP contribution in [0.15, 0.2) is 6.20 Å². The Hall–Kier alpha value is -0.960. The summed E-state index contributed by atoms with van der Waals surface area (Å²) >= 11 is 0. The minimum atomic E-state index is 0.108. The van der Waals surface area contributed by atoms with Crippen LogP contribution in [0.2, 0.25) is 0 Å². The first-order valence-corrected chi connectivity index (χ1v) is 8.16. The van der Waals surface area contributed by atoms with Crippen molar-refractivity contribution in [1.82, 2.24) is 9.97 Å². The second kappa shape index (κ2) is 5.44. The Morgan fingerprint density at radius 1 is 1.15 bits per heavy atom. The standard InChI is InChI=1S/C17H27N3/c1-17(2)9-14(18)13-11-19-16(20-15(13)10-17)12-7-5-3-4-6-8-12/h11-12,14H,3-10,18H2,1-2H3. The van der Waals surface area contributed by atoms with Gasteiger partial charge in [0, 0.05) is 29.4 Å². The molecule has 3 nitrogen and oxygen atoms in total. The first kappa shape index (κ1) is 14.0. The van der Waals surface area contributed by atoms with Crippen molar-refractivity contribution in [3.8, 4) is 0 Å². The summed E-state index contributed by atoms with van der Waals surface area (Å²) in [4.78, 5) is 9.60. The third-order valence-electron chi connectivity index (χ3n) is 4.96. The number of nitrogens with zero attached hydrogens (tertiary/aromatic N) is 2. The SMILES string of the molecule is CC1(C)Cc2nc(C3CCCCCC3)ncc2C(N)C1. The van der Waals surface area contributed by atoms with Gasteiger partial charge in [0.05, 0.1) is 0 Å². The third-order valence-corrected chi connectivity index (χ3v) is 4.96. The molecule has 1 aromatic heterocycles. The summed E-state index contributed by atoms with van der Waals surface area (Å²) in [7, 11) is 0. The van der Waals surface area contributed by atoms with E-state index in [0.29, 0.717) is 5.92 Å². The average molecular weight is 273 g/mol. The predicted octanol–water partition coefficient (Wildman–Crippen LogP) is 3.89. The summed E-state index contributed by atoms with van der Waals surface area (Å²) in [5.41, 5.74) is 8.95. The van der Waals surface area contributed by atoms with Crippen LogP contribution in [0.5, 0.6) is 0 Å². The van der Waals surface area contributed by atoms with Crippen LogP contribution in [0.25, 0.3) is 0 Å². The molecule has 2 aliphatic carbocycles. The molecule has 1 atom stereocenters. The van der Waals surface area contributed by atoms with Crippen molar-refractivity contribution < 1.29 is 0 Å². The highest BCUT2D eigenvalue weighted by Gasteiger charge is 2.32. The van der Waals surface area contributed by atoms with Gasteiger partial charge >= 0.3 is 0 Å². The van der Waals surface area contributed by atoms with Crippen molar-refractivity contribution in [2.24, 2.45) is 11.1 Å². The monoisotopic (exact) mass is 273 g/mol. The fraction of sp³-hybridized carbons (Fsp3) is 0.765. The molecule has 0 bridgehead atoms. The molecule has 3 heteroatoms. The van der Waals surface area contributed by atoms with Crippen molar-refractivity contribution in [3.63, 3.8) is 0 Å². The van der Waals surface area contributed by atoms with E-state index in [2.05, 4.69) is 18.8 Å². The molecule has 1 fully saturated rings. The Labute approximate surface area is 122 Å². The number of hydrogen-bond acceptors (Lipinski definition) is 3. The Morgan fingerprint density at radius 2 is 1.85 bits per heavy atom. The highest BCUT2D eigenvalue weighted by molar-refractivity contribution is 5.26. The summed E-state index contributed by atoms with van der Waals surface area (Å²) in [5, 5.41) is 0. The summed E-state index contributed by atoms with van der Waals surface area (Å²) in [6.07, 6.45) is 12.0. The molecule has 0 spiro atoms. The van der Waals surface area contributed by atoms with Gasteiger partial charge in [0.15, 0.2) is 0 Å². The second-order valence-corrected chi connectivity index (χ2v) is 7.47. The molecule has 0 aromatic carbocycles. The van der Waals surface area contributed by atoms with E-state index in [9.17, 15) is 0 Å². The Balaban J connectivity index is 1.88. The summed E-state index contributed by atoms with van der Waals surface area (Å²) < 4.78 is 0. The van der Waals surface area contributed by atoms with Crippen LogP contribution in [0.4, 0.5) is 0 Å². The Morgan fingerprint density at radius 3 is 2.55 bits per heavy atom. The highest BCUT2D eigenvalue weighted by atomic mass is 14.9. The molecule has 110 valence electrons. The van der Waals surface area contributed by atoms with Crippen LogP contribution in [0.3, 0.4) is 0 Å². The van der Waals surface area contributed by atoms with Crippen molar-refractivity contribution in [1.29, 1.82) is 0 Å². The smallest absolute Gasteiger partial charge is 0.131 e. The largest absolute Gasteiger partial charge is 0.324 e. The summed E-state index contributed by atoms with van der Waals surface area (Å²) in [6, 6.07) is 0.108. The van der Waals surface area contributed by atoms with Gasteiger partial charge in [-0.15, -0.1) is 0 Å². The molecular weight excluding hydrogens is 246 g/mol. The van der Waals surface area contributed by atoms with Gasteiger partial charge in [-0.25, -0.2) is 9.97 Å². The highest BCUT2D eigenvalue weighted by Crippen LogP contribution is 2.39. The maximum Gasteiger partial charge on any atom is 0.131 e. The average Bonchev–Trinajstić information content (AvgIpc) is 2.65. The lowest BCUT2D eigenvalue weighted by Crippen LogP contribution is -2.31. The van der Waals surface area contributed by atoms with Crippen LogP contribution in [-0.2, 0) is 6.42 Å². The van der Waals surface area contributed by atoms with Gasteiger partial charge in [-0.1, -0.05) is 39.5 Å². The van der Waals surface area contributed by atoms with E-state index in [-0.39, 0.29) is 11.5 Å². The normalized spacial score (nSPS) is 26.9. The van der Waals surface area contributed by atoms with Crippen LogP contribution in [0, 0.1) is 5.41 Å². The quantitative estimate of drug-likeness (QED) is 0.790. The van der Waals surface area contributed by atoms with E-state index in [1.54, 1.807) is 0 Å². The van der Waals surface area contributed by atoms with Gasteiger partial charge in [-0.05, 0) is 31.1 Å². The molecule has 1 aromatic rings. The predicted molar refractivity (Wildman–Crippen MR) is 81.5 cm³/mol. The Kier molecular flexibility index (Phi) is 3.80. The van der Waals surface area contributed by atoms with E-state index in [4.69, 9.17) is 10.7 Å². The minimum absolute atomic E-state index is 0.108. The minimum Gasteiger partial charge on any atom is -0.324 e. The maximum absolute atomic E-state index is 6.30. The molecule has 2 aliphatic rings. The first-order valence-electron chi connectivity index (χ1n) is 8.16. The van der Waals surface area contributed by atoms with Gasteiger partial charge in [-0.3, -0.25) is 0 Å². The van der Waals surface area contributed by atoms with Gasteiger partial charge in [0.2, 0.25) is 0 Å². The Bertz CT molecular complexity index is 473. The zero-order chi connectivity index (χ0) is 14.2. The van der Waals surface area contributed by atoms with Gasteiger partial charge in [-0.2, -0.15) is 0 Å². The van der Waals surface area contributed by atoms with Gasteiger partial charge in [0.1, 0.15) is 5.82 Å². The topological polar surface area (TPSA) is 51.8 Å². The molecule has 1 heterocycles. The van der Waals surface area contributed by atoms with E-state index in [0.717, 1.165) is 18.7 Å². The lowest BCUT2D eigenvalue weighted by atomic mass is 9.74. The molecule has 2 N–H and O–H groups in total. The first-order chi connectivity index (χ1) is 9.55. The fourth-order valence-electron chi connectivity index (χ4n) is 3.86. The number of rotatable bonds is 1. The number of aromatic nitrogens is 2.